The summed E-state index contributed by atoms with van der Waals surface area (Å²) in [5.41, 5.74) is -0.109. The van der Waals surface area contributed by atoms with Crippen LogP contribution in [0.4, 0.5) is 8.78 Å². The molecular formula is C17H21ClF2N2O2S. The van der Waals surface area contributed by atoms with Crippen molar-refractivity contribution < 1.29 is 18.6 Å². The summed E-state index contributed by atoms with van der Waals surface area (Å²) in [4.78, 5) is 5.39. The van der Waals surface area contributed by atoms with Crippen molar-refractivity contribution in [2.75, 3.05) is 13.1 Å². The molecule has 0 saturated carbocycles. The summed E-state index contributed by atoms with van der Waals surface area (Å²) in [6.45, 7) is 3.74. The fourth-order valence-electron chi connectivity index (χ4n) is 2.74. The average molecular weight is 391 g/mol. The molecule has 138 valence electrons. The van der Waals surface area contributed by atoms with Crippen LogP contribution in [0.3, 0.4) is 0 Å². The fourth-order valence-corrected chi connectivity index (χ4v) is 3.86. The summed E-state index contributed by atoms with van der Waals surface area (Å²) in [5.74, 6) is -1.57. The third-order valence-electron chi connectivity index (χ3n) is 4.21. The van der Waals surface area contributed by atoms with E-state index in [2.05, 4.69) is 10.3 Å². The highest BCUT2D eigenvalue weighted by atomic mass is 35.5. The molecule has 3 rings (SSSR count). The van der Waals surface area contributed by atoms with E-state index < -0.39 is 17.2 Å². The number of thiazole rings is 1. The van der Waals surface area contributed by atoms with Crippen LogP contribution in [0.5, 0.6) is 5.75 Å². The Bertz CT molecular complexity index is 719. The molecule has 2 aromatic rings. The van der Waals surface area contributed by atoms with Gasteiger partial charge in [-0.2, -0.15) is 0 Å². The number of ether oxygens (including phenoxy) is 1. The van der Waals surface area contributed by atoms with E-state index in [1.807, 2.05) is 6.92 Å². The first-order chi connectivity index (χ1) is 11.5. The maximum atomic E-state index is 13.2. The van der Waals surface area contributed by atoms with Crippen molar-refractivity contribution in [1.29, 1.82) is 0 Å². The molecule has 2 N–H and O–H groups in total. The zero-order valence-electron chi connectivity index (χ0n) is 13.8. The predicted molar refractivity (Wildman–Crippen MR) is 95.4 cm³/mol. The topological polar surface area (TPSA) is 54.4 Å². The molecule has 1 aliphatic rings. The normalized spacial score (nSPS) is 20.6. The number of aliphatic hydroxyl groups is 1. The molecule has 0 radical (unpaired) electrons. The van der Waals surface area contributed by atoms with E-state index in [0.717, 1.165) is 42.2 Å². The lowest BCUT2D eigenvalue weighted by molar-refractivity contribution is 0.0237. The number of aryl methyl sites for hydroxylation is 1. The van der Waals surface area contributed by atoms with E-state index in [1.165, 1.54) is 17.4 Å². The van der Waals surface area contributed by atoms with Crippen LogP contribution in [0.25, 0.3) is 0 Å². The van der Waals surface area contributed by atoms with Gasteiger partial charge in [-0.3, -0.25) is 0 Å². The van der Waals surface area contributed by atoms with Crippen molar-refractivity contribution in [1.82, 2.24) is 10.3 Å². The highest BCUT2D eigenvalue weighted by molar-refractivity contribution is 7.11. The minimum atomic E-state index is -0.936. The third-order valence-corrected chi connectivity index (χ3v) is 5.54. The number of benzene rings is 1. The second kappa shape index (κ2) is 8.40. The molecule has 25 heavy (non-hydrogen) atoms. The van der Waals surface area contributed by atoms with Crippen molar-refractivity contribution in [2.45, 2.75) is 38.4 Å². The predicted octanol–water partition coefficient (Wildman–Crippen LogP) is 3.69. The number of rotatable bonds is 4. The highest BCUT2D eigenvalue weighted by Crippen LogP contribution is 2.35. The van der Waals surface area contributed by atoms with Crippen LogP contribution in [-0.2, 0) is 12.2 Å². The van der Waals surface area contributed by atoms with Gasteiger partial charge in [-0.1, -0.05) is 0 Å². The summed E-state index contributed by atoms with van der Waals surface area (Å²) in [6.07, 6.45) is 2.20. The lowest BCUT2D eigenvalue weighted by atomic mass is 9.96. The quantitative estimate of drug-likeness (QED) is 0.836. The SMILES string of the molecule is Cc1nc(C2(O)CCCNCC2)sc1COc1ccc(F)c(F)c1.Cl. The minimum Gasteiger partial charge on any atom is -0.488 e. The summed E-state index contributed by atoms with van der Waals surface area (Å²) in [5, 5.41) is 14.9. The van der Waals surface area contributed by atoms with E-state index in [-0.39, 0.29) is 24.8 Å². The van der Waals surface area contributed by atoms with Crippen molar-refractivity contribution in [3.05, 3.63) is 45.4 Å². The number of hydrogen-bond acceptors (Lipinski definition) is 5. The Hall–Kier alpha value is -1.28. The Morgan fingerprint density at radius 2 is 2.08 bits per heavy atom. The van der Waals surface area contributed by atoms with Gasteiger partial charge in [-0.25, -0.2) is 13.8 Å². The van der Waals surface area contributed by atoms with Crippen molar-refractivity contribution in [3.63, 3.8) is 0 Å². The Morgan fingerprint density at radius 1 is 1.28 bits per heavy atom. The monoisotopic (exact) mass is 390 g/mol. The molecule has 1 aromatic heterocycles. The van der Waals surface area contributed by atoms with Crippen molar-refractivity contribution in [3.8, 4) is 5.75 Å². The number of hydrogen-bond donors (Lipinski definition) is 2. The standard InChI is InChI=1S/C17H20F2N2O2S.ClH/c1-11-15(10-23-12-3-4-13(18)14(19)9-12)24-16(21-11)17(22)5-2-7-20-8-6-17;/h3-4,9,20,22H,2,5-8,10H2,1H3;1H. The zero-order valence-corrected chi connectivity index (χ0v) is 15.5. The van der Waals surface area contributed by atoms with E-state index in [9.17, 15) is 13.9 Å². The lowest BCUT2D eigenvalue weighted by Crippen LogP contribution is -2.27. The van der Waals surface area contributed by atoms with Gasteiger partial charge in [0.25, 0.3) is 0 Å². The van der Waals surface area contributed by atoms with Gasteiger partial charge in [0.1, 0.15) is 23.0 Å². The summed E-state index contributed by atoms with van der Waals surface area (Å²) < 4.78 is 31.7. The molecule has 1 aliphatic heterocycles. The first kappa shape index (κ1) is 20.0. The maximum Gasteiger partial charge on any atom is 0.162 e. The molecule has 1 aromatic carbocycles. The lowest BCUT2D eigenvalue weighted by Gasteiger charge is -2.23. The molecule has 0 bridgehead atoms. The van der Waals surface area contributed by atoms with Crippen LogP contribution in [0, 0.1) is 18.6 Å². The van der Waals surface area contributed by atoms with E-state index in [1.54, 1.807) is 0 Å². The minimum absolute atomic E-state index is 0. The van der Waals surface area contributed by atoms with Crippen LogP contribution in [0.15, 0.2) is 18.2 Å². The van der Waals surface area contributed by atoms with Gasteiger partial charge < -0.3 is 15.2 Å². The van der Waals surface area contributed by atoms with Crippen molar-refractivity contribution >= 4 is 23.7 Å². The number of aromatic nitrogens is 1. The van der Waals surface area contributed by atoms with Crippen LogP contribution in [0.1, 0.15) is 34.8 Å². The number of halogens is 3. The van der Waals surface area contributed by atoms with E-state index in [4.69, 9.17) is 4.74 Å². The van der Waals surface area contributed by atoms with Gasteiger partial charge in [0.05, 0.1) is 10.6 Å². The summed E-state index contributed by atoms with van der Waals surface area (Å²) >= 11 is 1.42. The second-order valence-electron chi connectivity index (χ2n) is 6.03. The molecule has 1 saturated heterocycles. The molecule has 0 aliphatic carbocycles. The largest absolute Gasteiger partial charge is 0.488 e. The van der Waals surface area contributed by atoms with Crippen molar-refractivity contribution in [2.24, 2.45) is 0 Å². The Kier molecular flexibility index (Phi) is 6.73. The fraction of sp³-hybridized carbons (Fsp3) is 0.471. The summed E-state index contributed by atoms with van der Waals surface area (Å²) in [6, 6.07) is 3.45. The number of nitrogens with zero attached hydrogens (tertiary/aromatic N) is 1. The molecular weight excluding hydrogens is 370 g/mol. The third kappa shape index (κ3) is 4.67. The van der Waals surface area contributed by atoms with Gasteiger partial charge in [0, 0.05) is 6.07 Å². The zero-order chi connectivity index (χ0) is 17.2. The van der Waals surface area contributed by atoms with Gasteiger partial charge in [-0.05, 0) is 51.4 Å². The molecule has 8 heteroatoms. The van der Waals surface area contributed by atoms with E-state index in [0.29, 0.717) is 17.8 Å². The highest BCUT2D eigenvalue weighted by Gasteiger charge is 2.33. The number of nitrogens with one attached hydrogen (secondary N) is 1. The Balaban J connectivity index is 0.00000225. The molecule has 1 fully saturated rings. The Labute approximate surface area is 155 Å². The first-order valence-corrected chi connectivity index (χ1v) is 8.77. The van der Waals surface area contributed by atoms with Crippen LogP contribution < -0.4 is 10.1 Å². The van der Waals surface area contributed by atoms with Gasteiger partial charge >= 0.3 is 0 Å². The van der Waals surface area contributed by atoms with Crippen LogP contribution in [-0.4, -0.2) is 23.2 Å². The first-order valence-electron chi connectivity index (χ1n) is 7.96. The van der Waals surface area contributed by atoms with Gasteiger partial charge in [0.2, 0.25) is 0 Å². The molecule has 0 spiro atoms. The molecule has 4 nitrogen and oxygen atoms in total. The smallest absolute Gasteiger partial charge is 0.162 e. The van der Waals surface area contributed by atoms with Crippen LogP contribution in [0.2, 0.25) is 0 Å². The van der Waals surface area contributed by atoms with Gasteiger partial charge in [0.15, 0.2) is 11.6 Å². The van der Waals surface area contributed by atoms with E-state index >= 15 is 0 Å². The van der Waals surface area contributed by atoms with Gasteiger partial charge in [-0.15, -0.1) is 23.7 Å². The molecule has 0 amide bonds. The van der Waals surface area contributed by atoms with Crippen LogP contribution >= 0.6 is 23.7 Å². The maximum absolute atomic E-state index is 13.2. The average Bonchev–Trinajstić information content (AvgIpc) is 2.78. The summed E-state index contributed by atoms with van der Waals surface area (Å²) in [7, 11) is 0. The Morgan fingerprint density at radius 3 is 2.84 bits per heavy atom. The molecule has 1 atom stereocenters. The molecule has 2 heterocycles. The second-order valence-corrected chi connectivity index (χ2v) is 7.11. The molecule has 1 unspecified atom stereocenters.